The molecular weight excluding hydrogens is 307 g/mol. The summed E-state index contributed by atoms with van der Waals surface area (Å²) in [5.74, 6) is 0.826. The van der Waals surface area contributed by atoms with Crippen LogP contribution in [0.25, 0.3) is 0 Å². The number of aromatic nitrogens is 4. The Morgan fingerprint density at radius 3 is 2.67 bits per heavy atom. The highest BCUT2D eigenvalue weighted by Crippen LogP contribution is 2.09. The van der Waals surface area contributed by atoms with Gasteiger partial charge in [-0.25, -0.2) is 4.39 Å². The van der Waals surface area contributed by atoms with E-state index in [-0.39, 0.29) is 5.82 Å². The van der Waals surface area contributed by atoms with Crippen molar-refractivity contribution < 1.29 is 4.39 Å². The fraction of sp³-hybridized carbons (Fsp3) is 0.176. The number of hydrogen-bond acceptors (Lipinski definition) is 6. The van der Waals surface area contributed by atoms with Crippen molar-refractivity contribution >= 4 is 11.8 Å². The monoisotopic (exact) mass is 324 g/mol. The molecule has 0 aliphatic heterocycles. The molecule has 0 aliphatic carbocycles. The predicted molar refractivity (Wildman–Crippen MR) is 90.0 cm³/mol. The van der Waals surface area contributed by atoms with Gasteiger partial charge in [-0.3, -0.25) is 4.98 Å². The second kappa shape index (κ2) is 7.96. The van der Waals surface area contributed by atoms with Crippen LogP contribution in [0.4, 0.5) is 16.2 Å². The highest BCUT2D eigenvalue weighted by Gasteiger charge is 2.03. The topological polar surface area (TPSA) is 75.6 Å². The summed E-state index contributed by atoms with van der Waals surface area (Å²) >= 11 is 0. The minimum Gasteiger partial charge on any atom is -0.365 e. The zero-order valence-corrected chi connectivity index (χ0v) is 13.0. The minimum atomic E-state index is -0.203. The summed E-state index contributed by atoms with van der Waals surface area (Å²) in [5.41, 5.74) is 1.75. The summed E-state index contributed by atoms with van der Waals surface area (Å²) in [7, 11) is 0. The minimum absolute atomic E-state index is 0.203. The molecule has 2 heterocycles. The molecular formula is C17H17FN6. The molecule has 0 amide bonds. The second-order valence-electron chi connectivity index (χ2n) is 5.14. The van der Waals surface area contributed by atoms with E-state index < -0.39 is 0 Å². The van der Waals surface area contributed by atoms with Crippen molar-refractivity contribution in [2.75, 3.05) is 17.2 Å². The molecule has 3 aromatic rings. The van der Waals surface area contributed by atoms with Crippen LogP contribution in [0.15, 0.2) is 55.0 Å². The van der Waals surface area contributed by atoms with Gasteiger partial charge in [0.1, 0.15) is 5.82 Å². The van der Waals surface area contributed by atoms with Crippen LogP contribution in [0.2, 0.25) is 0 Å². The first-order chi connectivity index (χ1) is 11.8. The van der Waals surface area contributed by atoms with Gasteiger partial charge in [0.25, 0.3) is 0 Å². The molecule has 2 aromatic heterocycles. The van der Waals surface area contributed by atoms with Gasteiger partial charge in [-0.1, -0.05) is 18.2 Å². The molecule has 0 fully saturated rings. The zero-order chi connectivity index (χ0) is 16.6. The Morgan fingerprint density at radius 1 is 1.00 bits per heavy atom. The highest BCUT2D eigenvalue weighted by atomic mass is 19.1. The van der Waals surface area contributed by atoms with Gasteiger partial charge in [0.15, 0.2) is 5.82 Å². The normalized spacial score (nSPS) is 10.4. The lowest BCUT2D eigenvalue weighted by atomic mass is 10.1. The zero-order valence-electron chi connectivity index (χ0n) is 13.0. The quantitative estimate of drug-likeness (QED) is 0.696. The lowest BCUT2D eigenvalue weighted by Crippen LogP contribution is -2.11. The molecule has 2 N–H and O–H groups in total. The Kier molecular flexibility index (Phi) is 5.24. The molecule has 7 heteroatoms. The van der Waals surface area contributed by atoms with Gasteiger partial charge in [0.2, 0.25) is 5.95 Å². The van der Waals surface area contributed by atoms with E-state index >= 15 is 0 Å². The number of rotatable bonds is 7. The molecule has 0 radical (unpaired) electrons. The fourth-order valence-corrected chi connectivity index (χ4v) is 2.17. The van der Waals surface area contributed by atoms with E-state index in [0.29, 0.717) is 36.8 Å². The molecule has 0 aliphatic rings. The lowest BCUT2D eigenvalue weighted by Gasteiger charge is -2.08. The van der Waals surface area contributed by atoms with Crippen LogP contribution < -0.4 is 10.6 Å². The third-order valence-corrected chi connectivity index (χ3v) is 3.42. The predicted octanol–water partition coefficient (Wildman–Crippen LogP) is 2.67. The van der Waals surface area contributed by atoms with Gasteiger partial charge in [0, 0.05) is 25.5 Å². The molecule has 0 atom stereocenters. The molecule has 0 unspecified atom stereocenters. The molecule has 3 rings (SSSR count). The maximum absolute atomic E-state index is 13.6. The van der Waals surface area contributed by atoms with Crippen molar-refractivity contribution in [1.82, 2.24) is 20.2 Å². The number of nitrogens with zero attached hydrogens (tertiary/aromatic N) is 4. The van der Waals surface area contributed by atoms with E-state index in [1.165, 1.54) is 6.07 Å². The Bertz CT molecular complexity index is 781. The largest absolute Gasteiger partial charge is 0.365 e. The van der Waals surface area contributed by atoms with Crippen LogP contribution in [0.5, 0.6) is 0 Å². The van der Waals surface area contributed by atoms with Crippen molar-refractivity contribution in [3.8, 4) is 0 Å². The highest BCUT2D eigenvalue weighted by molar-refractivity contribution is 5.37. The Morgan fingerprint density at radius 2 is 1.83 bits per heavy atom. The molecule has 24 heavy (non-hydrogen) atoms. The van der Waals surface area contributed by atoms with Crippen molar-refractivity contribution in [3.63, 3.8) is 0 Å². The van der Waals surface area contributed by atoms with Crippen molar-refractivity contribution in [3.05, 3.63) is 71.9 Å². The summed E-state index contributed by atoms with van der Waals surface area (Å²) < 4.78 is 13.6. The molecule has 0 saturated carbocycles. The summed E-state index contributed by atoms with van der Waals surface area (Å²) in [5, 5.41) is 14.1. The number of nitrogens with one attached hydrogen (secondary N) is 2. The lowest BCUT2D eigenvalue weighted by molar-refractivity contribution is 0.610. The Balaban J connectivity index is 1.52. The first-order valence-electron chi connectivity index (χ1n) is 7.61. The van der Waals surface area contributed by atoms with Gasteiger partial charge in [-0.15, -0.1) is 5.10 Å². The SMILES string of the molecule is Fc1ccccc1CCNc1nncc(NCc2ccncc2)n1. The molecule has 0 spiro atoms. The van der Waals surface area contributed by atoms with Crippen LogP contribution in [0, 0.1) is 5.82 Å². The summed E-state index contributed by atoms with van der Waals surface area (Å²) in [6.07, 6.45) is 5.59. The van der Waals surface area contributed by atoms with Crippen LogP contribution in [0.1, 0.15) is 11.1 Å². The molecule has 0 saturated heterocycles. The van der Waals surface area contributed by atoms with Crippen LogP contribution in [-0.2, 0) is 13.0 Å². The van der Waals surface area contributed by atoms with Crippen molar-refractivity contribution in [1.29, 1.82) is 0 Å². The second-order valence-corrected chi connectivity index (χ2v) is 5.14. The van der Waals surface area contributed by atoms with E-state index in [1.54, 1.807) is 30.7 Å². The van der Waals surface area contributed by atoms with E-state index in [0.717, 1.165) is 5.56 Å². The number of benzene rings is 1. The van der Waals surface area contributed by atoms with Crippen LogP contribution >= 0.6 is 0 Å². The smallest absolute Gasteiger partial charge is 0.244 e. The average Bonchev–Trinajstić information content (AvgIpc) is 2.63. The summed E-state index contributed by atoms with van der Waals surface area (Å²) in [6.45, 7) is 1.15. The maximum Gasteiger partial charge on any atom is 0.244 e. The number of hydrogen-bond donors (Lipinski definition) is 2. The number of halogens is 1. The van der Waals surface area contributed by atoms with Gasteiger partial charge in [-0.2, -0.15) is 10.1 Å². The van der Waals surface area contributed by atoms with Crippen LogP contribution in [0.3, 0.4) is 0 Å². The molecule has 6 nitrogen and oxygen atoms in total. The third kappa shape index (κ3) is 4.45. The third-order valence-electron chi connectivity index (χ3n) is 3.42. The van der Waals surface area contributed by atoms with E-state index in [4.69, 9.17) is 0 Å². The van der Waals surface area contributed by atoms with Gasteiger partial charge < -0.3 is 10.6 Å². The number of anilines is 2. The summed E-state index contributed by atoms with van der Waals surface area (Å²) in [6, 6.07) is 10.6. The van der Waals surface area contributed by atoms with Crippen molar-refractivity contribution in [2.24, 2.45) is 0 Å². The molecule has 0 bridgehead atoms. The first kappa shape index (κ1) is 15.8. The van der Waals surface area contributed by atoms with Gasteiger partial charge in [-0.05, 0) is 35.7 Å². The fourth-order valence-electron chi connectivity index (χ4n) is 2.17. The molecule has 122 valence electrons. The maximum atomic E-state index is 13.6. The standard InChI is InChI=1S/C17H17FN6/c18-15-4-2-1-3-14(15)7-10-20-17-23-16(12-22-24-17)21-11-13-5-8-19-9-6-13/h1-6,8-9,12H,7,10-11H2,(H2,20,21,23,24). The molecule has 1 aromatic carbocycles. The van der Waals surface area contributed by atoms with Gasteiger partial charge in [0.05, 0.1) is 6.20 Å². The van der Waals surface area contributed by atoms with E-state index in [2.05, 4.69) is 30.8 Å². The van der Waals surface area contributed by atoms with E-state index in [9.17, 15) is 4.39 Å². The van der Waals surface area contributed by atoms with Crippen molar-refractivity contribution in [2.45, 2.75) is 13.0 Å². The first-order valence-corrected chi connectivity index (χ1v) is 7.61. The summed E-state index contributed by atoms with van der Waals surface area (Å²) in [4.78, 5) is 8.31. The van der Waals surface area contributed by atoms with E-state index in [1.807, 2.05) is 18.2 Å². The van der Waals surface area contributed by atoms with Gasteiger partial charge >= 0.3 is 0 Å². The Hall–Kier alpha value is -3.09. The Labute approximate surface area is 139 Å². The van der Waals surface area contributed by atoms with Crippen LogP contribution in [-0.4, -0.2) is 26.7 Å². The average molecular weight is 324 g/mol. The number of pyridine rings is 1.